The normalized spacial score (nSPS) is 10.5. The average Bonchev–Trinajstić information content (AvgIpc) is 2.18. The molecule has 0 bridgehead atoms. The second-order valence-electron chi connectivity index (χ2n) is 3.85. The first kappa shape index (κ1) is 10.9. The van der Waals surface area contributed by atoms with Crippen molar-refractivity contribution in [2.24, 2.45) is 0 Å². The molecule has 1 N–H and O–H groups in total. The number of hydrogen-bond donors (Lipinski definition) is 1. The van der Waals surface area contributed by atoms with Crippen LogP contribution in [-0.2, 0) is 0 Å². The summed E-state index contributed by atoms with van der Waals surface area (Å²) in [5.41, 5.74) is 0.834. The van der Waals surface area contributed by atoms with Crippen LogP contribution < -0.4 is 4.90 Å². The van der Waals surface area contributed by atoms with Gasteiger partial charge in [0.15, 0.2) is 5.78 Å². The molecule has 0 aliphatic heterocycles. The summed E-state index contributed by atoms with van der Waals surface area (Å²) < 4.78 is 0. The molecule has 0 fully saturated rings. The van der Waals surface area contributed by atoms with Crippen LogP contribution in [0.4, 0.5) is 0 Å². The molecule has 1 aromatic carbocycles. The molecule has 0 aliphatic rings. The molecule has 0 unspecified atom stereocenters. The van der Waals surface area contributed by atoms with Gasteiger partial charge in [-0.25, -0.2) is 0 Å². The third-order valence-corrected chi connectivity index (χ3v) is 2.18. The zero-order chi connectivity index (χ0) is 10.4. The molecular formula is C12H18NO+. The van der Waals surface area contributed by atoms with E-state index >= 15 is 0 Å². The fourth-order valence-corrected chi connectivity index (χ4v) is 1.37. The van der Waals surface area contributed by atoms with Crippen molar-refractivity contribution in [2.45, 2.75) is 12.8 Å². The van der Waals surface area contributed by atoms with Gasteiger partial charge < -0.3 is 4.90 Å². The fourth-order valence-electron chi connectivity index (χ4n) is 1.37. The van der Waals surface area contributed by atoms with Crippen molar-refractivity contribution in [3.05, 3.63) is 35.9 Å². The molecule has 1 rings (SSSR count). The third kappa shape index (κ3) is 3.71. The molecule has 0 spiro atoms. The molecule has 1 aromatic rings. The van der Waals surface area contributed by atoms with Gasteiger partial charge in [0.05, 0.1) is 20.6 Å². The molecular weight excluding hydrogens is 174 g/mol. The van der Waals surface area contributed by atoms with E-state index in [4.69, 9.17) is 0 Å². The van der Waals surface area contributed by atoms with Crippen molar-refractivity contribution in [3.63, 3.8) is 0 Å². The Morgan fingerprint density at radius 3 is 2.43 bits per heavy atom. The van der Waals surface area contributed by atoms with Crippen molar-refractivity contribution < 1.29 is 9.69 Å². The van der Waals surface area contributed by atoms with Crippen molar-refractivity contribution >= 4 is 5.78 Å². The number of rotatable bonds is 5. The van der Waals surface area contributed by atoms with E-state index in [1.54, 1.807) is 0 Å². The van der Waals surface area contributed by atoms with Gasteiger partial charge >= 0.3 is 0 Å². The molecule has 0 amide bonds. The monoisotopic (exact) mass is 192 g/mol. The highest BCUT2D eigenvalue weighted by Gasteiger charge is 2.05. The van der Waals surface area contributed by atoms with Crippen LogP contribution >= 0.6 is 0 Å². The largest absolute Gasteiger partial charge is 0.340 e. The van der Waals surface area contributed by atoms with Crippen molar-refractivity contribution in [1.29, 1.82) is 0 Å². The topological polar surface area (TPSA) is 21.5 Å². The number of hydrogen-bond acceptors (Lipinski definition) is 1. The number of benzene rings is 1. The van der Waals surface area contributed by atoms with Gasteiger partial charge in [-0.15, -0.1) is 0 Å². The van der Waals surface area contributed by atoms with Gasteiger partial charge in [-0.05, 0) is 0 Å². The smallest absolute Gasteiger partial charge is 0.163 e. The van der Waals surface area contributed by atoms with Gasteiger partial charge in [-0.2, -0.15) is 0 Å². The Kier molecular flexibility index (Phi) is 4.33. The lowest BCUT2D eigenvalue weighted by molar-refractivity contribution is -0.858. The second kappa shape index (κ2) is 5.55. The Hall–Kier alpha value is -1.15. The highest BCUT2D eigenvalue weighted by atomic mass is 16.1. The van der Waals surface area contributed by atoms with E-state index in [2.05, 4.69) is 14.1 Å². The molecule has 0 radical (unpaired) electrons. The molecule has 0 heterocycles. The van der Waals surface area contributed by atoms with Crippen LogP contribution in [0, 0.1) is 0 Å². The number of nitrogens with one attached hydrogen (secondary N) is 1. The maximum atomic E-state index is 11.6. The number of ketones is 1. The highest BCUT2D eigenvalue weighted by molar-refractivity contribution is 5.95. The summed E-state index contributed by atoms with van der Waals surface area (Å²) in [6.07, 6.45) is 1.63. The van der Waals surface area contributed by atoms with Gasteiger partial charge in [0.2, 0.25) is 0 Å². The average molecular weight is 192 g/mol. The minimum Gasteiger partial charge on any atom is -0.340 e. The number of carbonyl (C=O) groups is 1. The van der Waals surface area contributed by atoms with Crippen LogP contribution in [0.1, 0.15) is 23.2 Å². The van der Waals surface area contributed by atoms with Crippen molar-refractivity contribution in [2.75, 3.05) is 20.6 Å². The van der Waals surface area contributed by atoms with E-state index in [1.165, 1.54) is 4.90 Å². The van der Waals surface area contributed by atoms with Crippen molar-refractivity contribution in [1.82, 2.24) is 0 Å². The van der Waals surface area contributed by atoms with Crippen LogP contribution in [0.5, 0.6) is 0 Å². The molecule has 76 valence electrons. The van der Waals surface area contributed by atoms with Crippen LogP contribution in [0.3, 0.4) is 0 Å². The first-order chi connectivity index (χ1) is 6.70. The minimum atomic E-state index is 0.256. The van der Waals surface area contributed by atoms with Crippen LogP contribution in [0.15, 0.2) is 30.3 Å². The van der Waals surface area contributed by atoms with Crippen molar-refractivity contribution in [3.8, 4) is 0 Å². The predicted octanol–water partition coefficient (Wildman–Crippen LogP) is 0.794. The summed E-state index contributed by atoms with van der Waals surface area (Å²) in [5.74, 6) is 0.256. The van der Waals surface area contributed by atoms with Gasteiger partial charge in [0.25, 0.3) is 0 Å². The molecule has 2 nitrogen and oxygen atoms in total. The summed E-state index contributed by atoms with van der Waals surface area (Å²) in [5, 5.41) is 0. The van der Waals surface area contributed by atoms with E-state index < -0.39 is 0 Å². The van der Waals surface area contributed by atoms with E-state index in [0.29, 0.717) is 6.42 Å². The van der Waals surface area contributed by atoms with E-state index in [1.807, 2.05) is 30.3 Å². The Morgan fingerprint density at radius 2 is 1.86 bits per heavy atom. The molecule has 0 saturated carbocycles. The van der Waals surface area contributed by atoms with Gasteiger partial charge in [-0.1, -0.05) is 30.3 Å². The fraction of sp³-hybridized carbons (Fsp3) is 0.417. The van der Waals surface area contributed by atoms with Gasteiger partial charge in [-0.3, -0.25) is 4.79 Å². The summed E-state index contributed by atoms with van der Waals surface area (Å²) in [7, 11) is 4.21. The Morgan fingerprint density at radius 1 is 1.21 bits per heavy atom. The Balaban J connectivity index is 2.36. The second-order valence-corrected chi connectivity index (χ2v) is 3.85. The highest BCUT2D eigenvalue weighted by Crippen LogP contribution is 2.03. The first-order valence-corrected chi connectivity index (χ1v) is 5.07. The molecule has 2 heteroatoms. The molecule has 14 heavy (non-hydrogen) atoms. The number of carbonyl (C=O) groups excluding carboxylic acids is 1. The third-order valence-electron chi connectivity index (χ3n) is 2.18. The van der Waals surface area contributed by atoms with Crippen LogP contribution in [0.25, 0.3) is 0 Å². The summed E-state index contributed by atoms with van der Waals surface area (Å²) in [4.78, 5) is 13.0. The minimum absolute atomic E-state index is 0.256. The molecule has 0 saturated heterocycles. The SMILES string of the molecule is C[NH+](C)CCCC(=O)c1ccccc1. The zero-order valence-electron chi connectivity index (χ0n) is 8.92. The standard InChI is InChI=1S/C12H17NO/c1-13(2)10-6-9-12(14)11-7-4-3-5-8-11/h3-5,7-8H,6,9-10H2,1-2H3/p+1. The quantitative estimate of drug-likeness (QED) is 0.684. The van der Waals surface area contributed by atoms with E-state index in [9.17, 15) is 4.79 Å². The Bertz CT molecular complexity index is 280. The maximum absolute atomic E-state index is 11.6. The lowest BCUT2D eigenvalue weighted by atomic mass is 10.1. The summed E-state index contributed by atoms with van der Waals surface area (Å²) in [6.45, 7) is 1.05. The Labute approximate surface area is 85.5 Å². The lowest BCUT2D eigenvalue weighted by Gasteiger charge is -2.05. The number of Topliss-reactive ketones (excluding diaryl/α,β-unsaturated/α-hetero) is 1. The summed E-state index contributed by atoms with van der Waals surface area (Å²) in [6, 6.07) is 9.51. The first-order valence-electron chi connectivity index (χ1n) is 5.07. The lowest BCUT2D eigenvalue weighted by Crippen LogP contribution is -3.05. The van der Waals surface area contributed by atoms with Gasteiger partial charge in [0, 0.05) is 18.4 Å². The van der Waals surface area contributed by atoms with E-state index in [-0.39, 0.29) is 5.78 Å². The number of quaternary nitrogens is 1. The van der Waals surface area contributed by atoms with E-state index in [0.717, 1.165) is 18.5 Å². The molecule has 0 aliphatic carbocycles. The maximum Gasteiger partial charge on any atom is 0.163 e. The zero-order valence-corrected chi connectivity index (χ0v) is 8.92. The van der Waals surface area contributed by atoms with Crippen LogP contribution in [-0.4, -0.2) is 26.4 Å². The predicted molar refractivity (Wildman–Crippen MR) is 57.7 cm³/mol. The molecule has 0 atom stereocenters. The molecule has 0 aromatic heterocycles. The summed E-state index contributed by atoms with van der Waals surface area (Å²) >= 11 is 0. The van der Waals surface area contributed by atoms with Gasteiger partial charge in [0.1, 0.15) is 0 Å². The van der Waals surface area contributed by atoms with Crippen LogP contribution in [0.2, 0.25) is 0 Å².